The summed E-state index contributed by atoms with van der Waals surface area (Å²) in [5, 5.41) is 3.48. The third-order valence-corrected chi connectivity index (χ3v) is 6.68. The number of amides is 2. The summed E-state index contributed by atoms with van der Waals surface area (Å²) in [5.74, 6) is 0.314. The van der Waals surface area contributed by atoms with Gasteiger partial charge in [-0.15, -0.1) is 11.8 Å². The van der Waals surface area contributed by atoms with Gasteiger partial charge in [0, 0.05) is 36.8 Å². The van der Waals surface area contributed by atoms with E-state index in [0.29, 0.717) is 11.0 Å². The highest BCUT2D eigenvalue weighted by Crippen LogP contribution is 2.28. The van der Waals surface area contributed by atoms with Crippen molar-refractivity contribution in [3.8, 4) is 0 Å². The lowest BCUT2D eigenvalue weighted by atomic mass is 10.0. The number of carbonyl (C=O) groups is 2. The van der Waals surface area contributed by atoms with Crippen molar-refractivity contribution >= 4 is 35.0 Å². The highest BCUT2D eigenvalue weighted by atomic mass is 32.2. The lowest BCUT2D eigenvalue weighted by molar-refractivity contribution is -0.131. The lowest BCUT2D eigenvalue weighted by Crippen LogP contribution is -2.36. The SMILES string of the molecule is CN(CC(=O)Nc1ccc(N2CCOCC2)cc1)C(=O)CSC1CCCCC1. The van der Waals surface area contributed by atoms with Gasteiger partial charge < -0.3 is 19.9 Å². The largest absolute Gasteiger partial charge is 0.378 e. The average molecular weight is 406 g/mol. The zero-order valence-electron chi connectivity index (χ0n) is 16.7. The van der Waals surface area contributed by atoms with Gasteiger partial charge in [-0.2, -0.15) is 0 Å². The van der Waals surface area contributed by atoms with E-state index in [1.165, 1.54) is 37.0 Å². The number of benzene rings is 1. The van der Waals surface area contributed by atoms with E-state index in [2.05, 4.69) is 10.2 Å². The summed E-state index contributed by atoms with van der Waals surface area (Å²) in [6.45, 7) is 3.35. The zero-order chi connectivity index (χ0) is 19.8. The molecule has 0 atom stereocenters. The first-order valence-corrected chi connectivity index (χ1v) is 11.2. The molecule has 1 heterocycles. The summed E-state index contributed by atoms with van der Waals surface area (Å²) < 4.78 is 5.37. The van der Waals surface area contributed by atoms with Crippen molar-refractivity contribution in [2.75, 3.05) is 55.9 Å². The fraction of sp³-hybridized carbons (Fsp3) is 0.619. The summed E-state index contributed by atoms with van der Waals surface area (Å²) in [5.41, 5.74) is 1.88. The van der Waals surface area contributed by atoms with Crippen LogP contribution in [0.5, 0.6) is 0 Å². The minimum absolute atomic E-state index is 0.0217. The van der Waals surface area contributed by atoms with E-state index < -0.39 is 0 Å². The molecule has 7 heteroatoms. The second-order valence-electron chi connectivity index (χ2n) is 7.52. The van der Waals surface area contributed by atoms with Gasteiger partial charge in [-0.3, -0.25) is 9.59 Å². The van der Waals surface area contributed by atoms with E-state index in [1.807, 2.05) is 24.3 Å². The van der Waals surface area contributed by atoms with Crippen LogP contribution in [0.25, 0.3) is 0 Å². The van der Waals surface area contributed by atoms with Crippen LogP contribution in [0.15, 0.2) is 24.3 Å². The number of likely N-dealkylation sites (N-methyl/N-ethyl adjacent to an activating group) is 1. The molecule has 0 spiro atoms. The van der Waals surface area contributed by atoms with Gasteiger partial charge in [-0.25, -0.2) is 0 Å². The quantitative estimate of drug-likeness (QED) is 0.756. The Hall–Kier alpha value is -1.73. The molecule has 1 saturated carbocycles. The number of carbonyl (C=O) groups excluding carboxylic acids is 2. The Balaban J connectivity index is 1.40. The number of morpholine rings is 1. The first-order valence-electron chi connectivity index (χ1n) is 10.2. The molecular formula is C21H31N3O3S. The van der Waals surface area contributed by atoms with Crippen LogP contribution in [-0.2, 0) is 14.3 Å². The van der Waals surface area contributed by atoms with Crippen molar-refractivity contribution in [1.29, 1.82) is 0 Å². The molecule has 1 aromatic rings. The lowest BCUT2D eigenvalue weighted by Gasteiger charge is -2.28. The van der Waals surface area contributed by atoms with Crippen LogP contribution in [0, 0.1) is 0 Å². The standard InChI is InChI=1S/C21H31N3O3S/c1-23(21(26)16-28-19-5-3-2-4-6-19)15-20(25)22-17-7-9-18(10-8-17)24-11-13-27-14-12-24/h7-10,19H,2-6,11-16H2,1H3,(H,22,25). The van der Waals surface area contributed by atoms with Crippen molar-refractivity contribution in [2.24, 2.45) is 0 Å². The number of anilines is 2. The van der Waals surface area contributed by atoms with E-state index >= 15 is 0 Å². The van der Waals surface area contributed by atoms with Crippen molar-refractivity contribution in [1.82, 2.24) is 4.90 Å². The minimum atomic E-state index is -0.169. The third-order valence-electron chi connectivity index (χ3n) is 5.33. The molecule has 0 radical (unpaired) electrons. The average Bonchev–Trinajstić information content (AvgIpc) is 2.74. The van der Waals surface area contributed by atoms with Crippen molar-refractivity contribution in [2.45, 2.75) is 37.4 Å². The fourth-order valence-corrected chi connectivity index (χ4v) is 4.88. The van der Waals surface area contributed by atoms with Crippen LogP contribution in [0.2, 0.25) is 0 Å². The molecule has 1 aliphatic carbocycles. The third kappa shape index (κ3) is 6.41. The number of thioether (sulfide) groups is 1. The summed E-state index contributed by atoms with van der Waals surface area (Å²) in [4.78, 5) is 28.4. The summed E-state index contributed by atoms with van der Waals surface area (Å²) >= 11 is 1.74. The number of ether oxygens (including phenoxy) is 1. The number of hydrogen-bond acceptors (Lipinski definition) is 5. The van der Waals surface area contributed by atoms with Crippen LogP contribution < -0.4 is 10.2 Å². The molecule has 6 nitrogen and oxygen atoms in total. The molecule has 0 aromatic heterocycles. The smallest absolute Gasteiger partial charge is 0.243 e. The number of rotatable bonds is 7. The van der Waals surface area contributed by atoms with Gasteiger partial charge in [-0.1, -0.05) is 19.3 Å². The first-order chi connectivity index (χ1) is 13.6. The summed E-state index contributed by atoms with van der Waals surface area (Å²) in [7, 11) is 1.70. The maximum atomic E-state index is 12.3. The van der Waals surface area contributed by atoms with Crippen LogP contribution in [-0.4, -0.2) is 67.6 Å². The number of nitrogens with one attached hydrogen (secondary N) is 1. The maximum absolute atomic E-state index is 12.3. The molecule has 2 amide bonds. The van der Waals surface area contributed by atoms with E-state index in [1.54, 1.807) is 18.8 Å². The van der Waals surface area contributed by atoms with Gasteiger partial charge in [0.15, 0.2) is 0 Å². The molecule has 1 N–H and O–H groups in total. The van der Waals surface area contributed by atoms with E-state index in [-0.39, 0.29) is 18.4 Å². The van der Waals surface area contributed by atoms with E-state index in [4.69, 9.17) is 4.74 Å². The van der Waals surface area contributed by atoms with E-state index in [0.717, 1.165) is 37.7 Å². The summed E-state index contributed by atoms with van der Waals surface area (Å²) in [6, 6.07) is 7.83. The normalized spacial score (nSPS) is 18.0. The van der Waals surface area contributed by atoms with Crippen LogP contribution in [0.4, 0.5) is 11.4 Å². The van der Waals surface area contributed by atoms with Crippen molar-refractivity contribution in [3.05, 3.63) is 24.3 Å². The molecule has 3 rings (SSSR count). The van der Waals surface area contributed by atoms with E-state index in [9.17, 15) is 9.59 Å². The Kier molecular flexibility index (Phi) is 8.03. The van der Waals surface area contributed by atoms with Gasteiger partial charge >= 0.3 is 0 Å². The second kappa shape index (κ2) is 10.7. The molecule has 1 aliphatic heterocycles. The Morgan fingerprint density at radius 1 is 1.14 bits per heavy atom. The molecule has 1 aromatic carbocycles. The molecular weight excluding hydrogens is 374 g/mol. The van der Waals surface area contributed by atoms with Crippen LogP contribution in [0.3, 0.4) is 0 Å². The Morgan fingerprint density at radius 2 is 1.82 bits per heavy atom. The minimum Gasteiger partial charge on any atom is -0.378 e. The number of nitrogens with zero attached hydrogens (tertiary/aromatic N) is 2. The Labute approximate surface area is 172 Å². The van der Waals surface area contributed by atoms with Gasteiger partial charge in [0.25, 0.3) is 0 Å². The topological polar surface area (TPSA) is 61.9 Å². The molecule has 154 valence electrons. The van der Waals surface area contributed by atoms with Gasteiger partial charge in [-0.05, 0) is 37.1 Å². The Bertz CT molecular complexity index is 641. The predicted molar refractivity (Wildman–Crippen MR) is 115 cm³/mol. The molecule has 28 heavy (non-hydrogen) atoms. The Morgan fingerprint density at radius 3 is 2.50 bits per heavy atom. The predicted octanol–water partition coefficient (Wildman–Crippen LogP) is 2.99. The highest BCUT2D eigenvalue weighted by Gasteiger charge is 2.18. The summed E-state index contributed by atoms with van der Waals surface area (Å²) in [6.07, 6.45) is 6.28. The highest BCUT2D eigenvalue weighted by molar-refractivity contribution is 8.00. The maximum Gasteiger partial charge on any atom is 0.243 e. The van der Waals surface area contributed by atoms with Crippen LogP contribution >= 0.6 is 11.8 Å². The fourth-order valence-electron chi connectivity index (χ4n) is 3.61. The molecule has 2 aliphatic rings. The second-order valence-corrected chi connectivity index (χ2v) is 8.80. The molecule has 1 saturated heterocycles. The first kappa shape index (κ1) is 21.0. The van der Waals surface area contributed by atoms with Crippen molar-refractivity contribution in [3.63, 3.8) is 0 Å². The van der Waals surface area contributed by atoms with Crippen LogP contribution in [0.1, 0.15) is 32.1 Å². The van der Waals surface area contributed by atoms with Gasteiger partial charge in [0.2, 0.25) is 11.8 Å². The zero-order valence-corrected chi connectivity index (χ0v) is 17.5. The monoisotopic (exact) mass is 405 g/mol. The molecule has 0 unspecified atom stereocenters. The number of hydrogen-bond donors (Lipinski definition) is 1. The van der Waals surface area contributed by atoms with Gasteiger partial charge in [0.05, 0.1) is 25.5 Å². The van der Waals surface area contributed by atoms with Gasteiger partial charge in [0.1, 0.15) is 0 Å². The molecule has 0 bridgehead atoms. The van der Waals surface area contributed by atoms with Crippen molar-refractivity contribution < 1.29 is 14.3 Å². The molecule has 2 fully saturated rings.